The van der Waals surface area contributed by atoms with Crippen LogP contribution in [0.25, 0.3) is 0 Å². The van der Waals surface area contributed by atoms with Crippen molar-refractivity contribution in [2.75, 3.05) is 6.54 Å². The Labute approximate surface area is 133 Å². The molecule has 0 aliphatic heterocycles. The Bertz CT molecular complexity index is 786. The van der Waals surface area contributed by atoms with E-state index in [9.17, 15) is 23.6 Å². The highest BCUT2D eigenvalue weighted by molar-refractivity contribution is 7.89. The lowest BCUT2D eigenvalue weighted by atomic mass is 10.1. The van der Waals surface area contributed by atoms with E-state index in [1.165, 1.54) is 24.7 Å². The quantitative estimate of drug-likeness (QED) is 0.586. The second kappa shape index (κ2) is 6.90. The van der Waals surface area contributed by atoms with Crippen molar-refractivity contribution in [3.8, 4) is 0 Å². The van der Waals surface area contributed by atoms with Crippen LogP contribution >= 0.6 is 0 Å². The molecule has 1 heterocycles. The molecule has 0 aliphatic carbocycles. The largest absolute Gasteiger partial charge is 0.472 e. The Hall–Kier alpha value is -2.23. The molecular weight excluding hydrogens is 324 g/mol. The van der Waals surface area contributed by atoms with Crippen LogP contribution in [0.2, 0.25) is 0 Å². The van der Waals surface area contributed by atoms with E-state index in [0.29, 0.717) is 11.1 Å². The average Bonchev–Trinajstić information content (AvgIpc) is 3.01. The summed E-state index contributed by atoms with van der Waals surface area (Å²) < 4.78 is 31.7. The van der Waals surface area contributed by atoms with E-state index >= 15 is 0 Å². The van der Waals surface area contributed by atoms with Crippen LogP contribution in [0.3, 0.4) is 0 Å². The molecule has 9 heteroatoms. The number of non-ortho nitro benzene ring substituents is 1. The summed E-state index contributed by atoms with van der Waals surface area (Å²) in [7, 11) is -3.90. The summed E-state index contributed by atoms with van der Waals surface area (Å²) in [5, 5.41) is 20.6. The molecule has 0 fully saturated rings. The van der Waals surface area contributed by atoms with Crippen LogP contribution < -0.4 is 4.72 Å². The summed E-state index contributed by atoms with van der Waals surface area (Å²) in [6.07, 6.45) is 2.08. The number of aliphatic hydroxyl groups is 1. The molecule has 124 valence electrons. The van der Waals surface area contributed by atoms with Crippen molar-refractivity contribution in [3.63, 3.8) is 0 Å². The van der Waals surface area contributed by atoms with E-state index in [-0.39, 0.29) is 23.5 Å². The molecule has 1 atom stereocenters. The molecule has 8 nitrogen and oxygen atoms in total. The Morgan fingerprint density at radius 2 is 2.13 bits per heavy atom. The van der Waals surface area contributed by atoms with Crippen molar-refractivity contribution in [1.29, 1.82) is 0 Å². The Balaban J connectivity index is 2.07. The molecule has 1 aromatic heterocycles. The topological polar surface area (TPSA) is 123 Å². The summed E-state index contributed by atoms with van der Waals surface area (Å²) in [6, 6.07) is 5.23. The van der Waals surface area contributed by atoms with Crippen molar-refractivity contribution >= 4 is 15.7 Å². The first-order chi connectivity index (χ1) is 10.8. The molecule has 0 saturated heterocycles. The van der Waals surface area contributed by atoms with Gasteiger partial charge in [-0.1, -0.05) is 6.07 Å². The molecular formula is C14H16N2O6S. The number of aliphatic hydroxyl groups excluding tert-OH is 1. The standard InChI is InChI=1S/C14H16N2O6S/c1-10-2-3-12(16(18)19)8-14(10)23(20,21)15-6-4-13(17)11-5-7-22-9-11/h2-3,5,7-9,13,15,17H,4,6H2,1H3. The van der Waals surface area contributed by atoms with Gasteiger partial charge in [-0.15, -0.1) is 0 Å². The number of rotatable bonds is 7. The molecule has 23 heavy (non-hydrogen) atoms. The van der Waals surface area contributed by atoms with Gasteiger partial charge in [0.05, 0.1) is 28.4 Å². The van der Waals surface area contributed by atoms with E-state index in [1.54, 1.807) is 13.0 Å². The highest BCUT2D eigenvalue weighted by Gasteiger charge is 2.20. The summed E-state index contributed by atoms with van der Waals surface area (Å²) in [6.45, 7) is 1.54. The molecule has 2 N–H and O–H groups in total. The Morgan fingerprint density at radius 1 is 1.39 bits per heavy atom. The number of hydrogen-bond donors (Lipinski definition) is 2. The van der Waals surface area contributed by atoms with E-state index in [2.05, 4.69) is 4.72 Å². The van der Waals surface area contributed by atoms with Crippen LogP contribution in [-0.2, 0) is 10.0 Å². The number of nitro groups is 1. The molecule has 0 radical (unpaired) electrons. The first-order valence-corrected chi connectivity index (χ1v) is 8.24. The molecule has 1 unspecified atom stereocenters. The third-order valence-electron chi connectivity index (χ3n) is 3.31. The Kier molecular flexibility index (Phi) is 5.14. The van der Waals surface area contributed by atoms with Crippen molar-refractivity contribution < 1.29 is 22.9 Å². The molecule has 0 bridgehead atoms. The van der Waals surface area contributed by atoms with Crippen LogP contribution in [0.15, 0.2) is 46.1 Å². The van der Waals surface area contributed by atoms with Gasteiger partial charge in [-0.2, -0.15) is 0 Å². The molecule has 0 aliphatic rings. The zero-order valence-corrected chi connectivity index (χ0v) is 13.1. The lowest BCUT2D eigenvalue weighted by molar-refractivity contribution is -0.385. The van der Waals surface area contributed by atoms with E-state index in [4.69, 9.17) is 4.42 Å². The number of nitrogens with one attached hydrogen (secondary N) is 1. The predicted molar refractivity (Wildman–Crippen MR) is 81.3 cm³/mol. The second-order valence-corrected chi connectivity index (χ2v) is 6.70. The molecule has 0 saturated carbocycles. The van der Waals surface area contributed by atoms with Gasteiger partial charge in [0.2, 0.25) is 10.0 Å². The van der Waals surface area contributed by atoms with Gasteiger partial charge in [-0.05, 0) is 25.0 Å². The normalized spacial score (nSPS) is 13.0. The Morgan fingerprint density at radius 3 is 2.74 bits per heavy atom. The van der Waals surface area contributed by atoms with E-state index in [0.717, 1.165) is 6.07 Å². The van der Waals surface area contributed by atoms with Crippen LogP contribution in [0.5, 0.6) is 0 Å². The maximum atomic E-state index is 12.3. The number of furan rings is 1. The smallest absolute Gasteiger partial charge is 0.270 e. The maximum Gasteiger partial charge on any atom is 0.270 e. The fourth-order valence-electron chi connectivity index (χ4n) is 2.03. The minimum Gasteiger partial charge on any atom is -0.472 e. The molecule has 2 aromatic rings. The summed E-state index contributed by atoms with van der Waals surface area (Å²) >= 11 is 0. The van der Waals surface area contributed by atoms with Gasteiger partial charge in [0.1, 0.15) is 0 Å². The van der Waals surface area contributed by atoms with Gasteiger partial charge < -0.3 is 9.52 Å². The van der Waals surface area contributed by atoms with Crippen molar-refractivity contribution in [3.05, 3.63) is 58.0 Å². The fourth-order valence-corrected chi connectivity index (χ4v) is 3.34. The zero-order valence-electron chi connectivity index (χ0n) is 12.3. The molecule has 1 aromatic carbocycles. The lowest BCUT2D eigenvalue weighted by Gasteiger charge is -2.11. The minimum absolute atomic E-state index is 0.0171. The predicted octanol–water partition coefficient (Wildman–Crippen LogP) is 1.90. The summed E-state index contributed by atoms with van der Waals surface area (Å²) in [5.41, 5.74) is 0.656. The first kappa shape index (κ1) is 17.1. The number of aryl methyl sites for hydroxylation is 1. The van der Waals surface area contributed by atoms with Crippen molar-refractivity contribution in [2.24, 2.45) is 0 Å². The third-order valence-corrected chi connectivity index (χ3v) is 4.91. The second-order valence-electron chi connectivity index (χ2n) is 4.97. The zero-order chi connectivity index (χ0) is 17.0. The van der Waals surface area contributed by atoms with Gasteiger partial charge in [0.25, 0.3) is 5.69 Å². The summed E-state index contributed by atoms with van der Waals surface area (Å²) in [5.74, 6) is 0. The number of nitro benzene ring substituents is 1. The molecule has 0 spiro atoms. The summed E-state index contributed by atoms with van der Waals surface area (Å²) in [4.78, 5) is 9.97. The SMILES string of the molecule is Cc1ccc([N+](=O)[O-])cc1S(=O)(=O)NCCC(O)c1ccoc1. The minimum atomic E-state index is -3.90. The number of nitrogens with zero attached hydrogens (tertiary/aromatic N) is 1. The lowest BCUT2D eigenvalue weighted by Crippen LogP contribution is -2.26. The number of benzene rings is 1. The number of sulfonamides is 1. The van der Waals surface area contributed by atoms with Crippen molar-refractivity contribution in [2.45, 2.75) is 24.3 Å². The third kappa shape index (κ3) is 4.15. The van der Waals surface area contributed by atoms with Gasteiger partial charge in [0, 0.05) is 24.2 Å². The van der Waals surface area contributed by atoms with Crippen LogP contribution in [0, 0.1) is 17.0 Å². The van der Waals surface area contributed by atoms with Gasteiger partial charge in [0.15, 0.2) is 0 Å². The van der Waals surface area contributed by atoms with Gasteiger partial charge in [-0.25, -0.2) is 13.1 Å². The molecule has 2 rings (SSSR count). The van der Waals surface area contributed by atoms with E-state index in [1.807, 2.05) is 0 Å². The van der Waals surface area contributed by atoms with Gasteiger partial charge >= 0.3 is 0 Å². The molecule has 0 amide bonds. The van der Waals surface area contributed by atoms with Crippen molar-refractivity contribution in [1.82, 2.24) is 4.72 Å². The average molecular weight is 340 g/mol. The van der Waals surface area contributed by atoms with Crippen LogP contribution in [0.1, 0.15) is 23.7 Å². The highest BCUT2D eigenvalue weighted by Crippen LogP contribution is 2.22. The highest BCUT2D eigenvalue weighted by atomic mass is 32.2. The maximum absolute atomic E-state index is 12.3. The van der Waals surface area contributed by atoms with Gasteiger partial charge in [-0.3, -0.25) is 10.1 Å². The number of hydrogen-bond acceptors (Lipinski definition) is 6. The first-order valence-electron chi connectivity index (χ1n) is 6.76. The van der Waals surface area contributed by atoms with Crippen LogP contribution in [0.4, 0.5) is 5.69 Å². The van der Waals surface area contributed by atoms with E-state index < -0.39 is 21.1 Å². The monoisotopic (exact) mass is 340 g/mol. The van der Waals surface area contributed by atoms with Crippen LogP contribution in [-0.4, -0.2) is 25.0 Å². The fraction of sp³-hybridized carbons (Fsp3) is 0.286.